The van der Waals surface area contributed by atoms with Crippen LogP contribution in [0.1, 0.15) is 25.0 Å². The normalized spacial score (nSPS) is 11.3. The van der Waals surface area contributed by atoms with Crippen LogP contribution in [0.25, 0.3) is 5.52 Å². The fourth-order valence-electron chi connectivity index (χ4n) is 2.87. The smallest absolute Gasteiger partial charge is 0.227 e. The minimum absolute atomic E-state index is 0.117. The number of carbonyl (C=O) groups is 1. The predicted molar refractivity (Wildman–Crippen MR) is 92.4 cm³/mol. The van der Waals surface area contributed by atoms with Gasteiger partial charge < -0.3 is 4.90 Å². The number of aryl methyl sites for hydroxylation is 1. The molecule has 0 radical (unpaired) electrons. The van der Waals surface area contributed by atoms with Gasteiger partial charge in [-0.25, -0.2) is 4.52 Å². The number of aromatic nitrogens is 4. The van der Waals surface area contributed by atoms with Crippen LogP contribution in [0, 0.1) is 5.92 Å². The van der Waals surface area contributed by atoms with Gasteiger partial charge in [0.25, 0.3) is 0 Å². The Kier molecular flexibility index (Phi) is 4.64. The molecule has 0 N–H and O–H groups in total. The van der Waals surface area contributed by atoms with Crippen LogP contribution in [0.2, 0.25) is 0 Å². The molecule has 126 valence electrons. The minimum atomic E-state index is 0.117. The lowest BCUT2D eigenvalue weighted by Gasteiger charge is -2.24. The van der Waals surface area contributed by atoms with E-state index in [2.05, 4.69) is 24.0 Å². The average Bonchev–Trinajstić information content (AvgIpc) is 3.13. The quantitative estimate of drug-likeness (QED) is 0.699. The van der Waals surface area contributed by atoms with Crippen molar-refractivity contribution in [3.05, 3.63) is 54.1 Å². The third kappa shape index (κ3) is 3.64. The van der Waals surface area contributed by atoms with Crippen molar-refractivity contribution in [2.24, 2.45) is 13.0 Å². The molecule has 0 aliphatic rings. The van der Waals surface area contributed by atoms with Crippen LogP contribution in [0.4, 0.5) is 0 Å². The van der Waals surface area contributed by atoms with Gasteiger partial charge in [0.2, 0.25) is 5.91 Å². The van der Waals surface area contributed by atoms with Crippen molar-refractivity contribution in [3.63, 3.8) is 0 Å². The summed E-state index contributed by atoms with van der Waals surface area (Å²) in [5.74, 6) is 0.529. The van der Waals surface area contributed by atoms with Crippen molar-refractivity contribution in [3.8, 4) is 0 Å². The first-order valence-electron chi connectivity index (χ1n) is 8.19. The summed E-state index contributed by atoms with van der Waals surface area (Å²) in [5, 5.41) is 8.50. The molecule has 6 nitrogen and oxygen atoms in total. The summed E-state index contributed by atoms with van der Waals surface area (Å²) in [5.41, 5.74) is 2.99. The topological polar surface area (TPSA) is 55.4 Å². The molecule has 0 aliphatic heterocycles. The minimum Gasteiger partial charge on any atom is -0.338 e. The second-order valence-electron chi connectivity index (χ2n) is 6.57. The molecule has 0 aliphatic carbocycles. The highest BCUT2D eigenvalue weighted by Gasteiger charge is 2.18. The van der Waals surface area contributed by atoms with Crippen LogP contribution in [-0.2, 0) is 24.8 Å². The molecule has 24 heavy (non-hydrogen) atoms. The van der Waals surface area contributed by atoms with Gasteiger partial charge in [-0.2, -0.15) is 10.2 Å². The van der Waals surface area contributed by atoms with Gasteiger partial charge in [-0.15, -0.1) is 0 Å². The maximum absolute atomic E-state index is 12.9. The molecule has 0 unspecified atom stereocenters. The lowest BCUT2D eigenvalue weighted by atomic mass is 10.1. The van der Waals surface area contributed by atoms with Gasteiger partial charge in [0.05, 0.1) is 24.3 Å². The van der Waals surface area contributed by atoms with Gasteiger partial charge in [0.1, 0.15) is 0 Å². The van der Waals surface area contributed by atoms with E-state index in [1.165, 1.54) is 0 Å². The highest BCUT2D eigenvalue weighted by molar-refractivity contribution is 5.81. The molecule has 0 atom stereocenters. The summed E-state index contributed by atoms with van der Waals surface area (Å²) < 4.78 is 3.56. The van der Waals surface area contributed by atoms with Crippen LogP contribution < -0.4 is 0 Å². The maximum atomic E-state index is 12.9. The van der Waals surface area contributed by atoms with Crippen LogP contribution >= 0.6 is 0 Å². The second-order valence-corrected chi connectivity index (χ2v) is 6.57. The predicted octanol–water partition coefficient (Wildman–Crippen LogP) is 2.30. The van der Waals surface area contributed by atoms with Gasteiger partial charge in [0, 0.05) is 43.7 Å². The lowest BCUT2D eigenvalue weighted by Crippen LogP contribution is -2.34. The molecule has 0 saturated carbocycles. The van der Waals surface area contributed by atoms with Crippen molar-refractivity contribution in [2.75, 3.05) is 6.54 Å². The average molecular weight is 325 g/mol. The standard InChI is InChI=1S/C18H23N5O/c1-14(2)11-22(13-15-9-19-21(3)12-15)18(24)8-16-10-20-23-7-5-4-6-17(16)23/h4-7,9-10,12,14H,8,11,13H2,1-3H3. The summed E-state index contributed by atoms with van der Waals surface area (Å²) in [7, 11) is 1.89. The Hall–Kier alpha value is -2.63. The van der Waals surface area contributed by atoms with Crippen molar-refractivity contribution >= 4 is 11.4 Å². The van der Waals surface area contributed by atoms with Gasteiger partial charge in [-0.1, -0.05) is 19.9 Å². The number of carbonyl (C=O) groups excluding carboxylic acids is 1. The summed E-state index contributed by atoms with van der Waals surface area (Å²) in [6, 6.07) is 5.88. The zero-order valence-electron chi connectivity index (χ0n) is 14.4. The third-order valence-corrected chi connectivity index (χ3v) is 3.92. The second kappa shape index (κ2) is 6.86. The molecule has 3 heterocycles. The molecular weight excluding hydrogens is 302 g/mol. The van der Waals surface area contributed by atoms with E-state index in [-0.39, 0.29) is 5.91 Å². The molecule has 3 aromatic rings. The fourth-order valence-corrected chi connectivity index (χ4v) is 2.87. The van der Waals surface area contributed by atoms with Gasteiger partial charge in [0.15, 0.2) is 0 Å². The zero-order chi connectivity index (χ0) is 17.1. The van der Waals surface area contributed by atoms with E-state index in [1.54, 1.807) is 15.4 Å². The van der Waals surface area contributed by atoms with E-state index >= 15 is 0 Å². The SMILES string of the molecule is CC(C)CN(Cc1cnn(C)c1)C(=O)Cc1cnn2ccccc12. The summed E-state index contributed by atoms with van der Waals surface area (Å²) in [6.45, 7) is 5.56. The van der Waals surface area contributed by atoms with E-state index in [1.807, 2.05) is 48.7 Å². The van der Waals surface area contributed by atoms with E-state index in [4.69, 9.17) is 0 Å². The van der Waals surface area contributed by atoms with Gasteiger partial charge in [-0.05, 0) is 18.1 Å². The molecule has 1 amide bonds. The van der Waals surface area contributed by atoms with Crippen LogP contribution in [0.3, 0.4) is 0 Å². The van der Waals surface area contributed by atoms with Crippen molar-refractivity contribution in [1.82, 2.24) is 24.3 Å². The van der Waals surface area contributed by atoms with E-state index in [0.29, 0.717) is 18.9 Å². The molecule has 0 spiro atoms. The highest BCUT2D eigenvalue weighted by atomic mass is 16.2. The number of hydrogen-bond donors (Lipinski definition) is 0. The summed E-state index contributed by atoms with van der Waals surface area (Å²) >= 11 is 0. The Balaban J connectivity index is 1.77. The van der Waals surface area contributed by atoms with Crippen LogP contribution in [-0.4, -0.2) is 36.7 Å². The fraction of sp³-hybridized carbons (Fsp3) is 0.389. The first kappa shape index (κ1) is 16.2. The molecule has 3 rings (SSSR count). The first-order chi connectivity index (χ1) is 11.5. The van der Waals surface area contributed by atoms with Gasteiger partial charge in [-0.3, -0.25) is 9.48 Å². The van der Waals surface area contributed by atoms with Crippen molar-refractivity contribution in [1.29, 1.82) is 0 Å². The van der Waals surface area contributed by atoms with Crippen molar-refractivity contribution < 1.29 is 4.79 Å². The number of nitrogens with zero attached hydrogens (tertiary/aromatic N) is 5. The van der Waals surface area contributed by atoms with Crippen LogP contribution in [0.5, 0.6) is 0 Å². The first-order valence-corrected chi connectivity index (χ1v) is 8.19. The molecule has 3 aromatic heterocycles. The van der Waals surface area contributed by atoms with Gasteiger partial charge >= 0.3 is 0 Å². The Labute approximate surface area is 141 Å². The Morgan fingerprint density at radius 3 is 2.79 bits per heavy atom. The molecule has 6 heteroatoms. The summed E-state index contributed by atoms with van der Waals surface area (Å²) in [6.07, 6.45) is 7.81. The number of hydrogen-bond acceptors (Lipinski definition) is 3. The maximum Gasteiger partial charge on any atom is 0.227 e. The largest absolute Gasteiger partial charge is 0.338 e. The molecule has 0 saturated heterocycles. The Morgan fingerprint density at radius 2 is 2.08 bits per heavy atom. The third-order valence-electron chi connectivity index (χ3n) is 3.92. The molecule has 0 bridgehead atoms. The Bertz CT molecular complexity index is 833. The van der Waals surface area contributed by atoms with Crippen LogP contribution in [0.15, 0.2) is 43.0 Å². The molecule has 0 aromatic carbocycles. The summed E-state index contributed by atoms with van der Waals surface area (Å²) in [4.78, 5) is 14.8. The molecular formula is C18H23N5O. The van der Waals surface area contributed by atoms with E-state index < -0.39 is 0 Å². The number of pyridine rings is 1. The van der Waals surface area contributed by atoms with E-state index in [0.717, 1.165) is 23.2 Å². The van der Waals surface area contributed by atoms with Crippen molar-refractivity contribution in [2.45, 2.75) is 26.8 Å². The number of fused-ring (bicyclic) bond motifs is 1. The zero-order valence-corrected chi connectivity index (χ0v) is 14.4. The lowest BCUT2D eigenvalue weighted by molar-refractivity contribution is -0.131. The molecule has 0 fully saturated rings. The highest BCUT2D eigenvalue weighted by Crippen LogP contribution is 2.14. The van der Waals surface area contributed by atoms with E-state index in [9.17, 15) is 4.79 Å². The monoisotopic (exact) mass is 325 g/mol. The Morgan fingerprint density at radius 1 is 1.25 bits per heavy atom. The number of amides is 1. The number of rotatable bonds is 6.